The zero-order valence-corrected chi connectivity index (χ0v) is 18.5. The summed E-state index contributed by atoms with van der Waals surface area (Å²) in [5, 5.41) is 0. The fourth-order valence-corrected chi connectivity index (χ4v) is 3.52. The highest BCUT2D eigenvalue weighted by Crippen LogP contribution is 2.28. The maximum atomic E-state index is 12.7. The topological polar surface area (TPSA) is 94.3 Å². The Morgan fingerprint density at radius 2 is 1.75 bits per heavy atom. The average Bonchev–Trinajstić information content (AvgIpc) is 3.08. The van der Waals surface area contributed by atoms with Crippen LogP contribution in [0.1, 0.15) is 12.0 Å². The van der Waals surface area contributed by atoms with Gasteiger partial charge in [0.1, 0.15) is 5.75 Å². The van der Waals surface area contributed by atoms with Crippen molar-refractivity contribution >= 4 is 23.6 Å². The van der Waals surface area contributed by atoms with Crippen molar-refractivity contribution in [2.24, 2.45) is 5.73 Å². The number of amides is 2. The van der Waals surface area contributed by atoms with Gasteiger partial charge in [0.15, 0.2) is 18.1 Å². The number of anilines is 1. The van der Waals surface area contributed by atoms with E-state index >= 15 is 0 Å². The van der Waals surface area contributed by atoms with Crippen LogP contribution in [0.4, 0.5) is 5.69 Å². The summed E-state index contributed by atoms with van der Waals surface area (Å²) in [5.41, 5.74) is 7.03. The molecule has 1 aliphatic heterocycles. The zero-order valence-electron chi connectivity index (χ0n) is 18.5. The molecule has 0 saturated carbocycles. The van der Waals surface area contributed by atoms with Crippen LogP contribution in [0.25, 0.3) is 6.08 Å². The van der Waals surface area contributed by atoms with Gasteiger partial charge < -0.3 is 29.7 Å². The van der Waals surface area contributed by atoms with E-state index in [1.54, 1.807) is 37.5 Å². The monoisotopic (exact) mass is 439 g/mol. The largest absolute Gasteiger partial charge is 0.497 e. The second-order valence-corrected chi connectivity index (χ2v) is 7.36. The highest BCUT2D eigenvalue weighted by atomic mass is 16.5. The van der Waals surface area contributed by atoms with Gasteiger partial charge >= 0.3 is 0 Å². The van der Waals surface area contributed by atoms with Gasteiger partial charge in [-0.3, -0.25) is 9.59 Å². The normalized spacial score (nSPS) is 14.2. The van der Waals surface area contributed by atoms with Crippen molar-refractivity contribution < 1.29 is 23.8 Å². The highest BCUT2D eigenvalue weighted by Gasteiger charge is 2.18. The van der Waals surface area contributed by atoms with Gasteiger partial charge in [0.2, 0.25) is 5.91 Å². The summed E-state index contributed by atoms with van der Waals surface area (Å²) in [7, 11) is 3.16. The molecule has 0 unspecified atom stereocenters. The van der Waals surface area contributed by atoms with Crippen LogP contribution in [0.2, 0.25) is 0 Å². The van der Waals surface area contributed by atoms with Crippen LogP contribution >= 0.6 is 0 Å². The Morgan fingerprint density at radius 1 is 0.969 bits per heavy atom. The van der Waals surface area contributed by atoms with E-state index in [-0.39, 0.29) is 12.5 Å². The van der Waals surface area contributed by atoms with E-state index in [4.69, 9.17) is 19.9 Å². The summed E-state index contributed by atoms with van der Waals surface area (Å²) in [6.45, 7) is 2.79. The van der Waals surface area contributed by atoms with Crippen molar-refractivity contribution in [2.45, 2.75) is 6.42 Å². The van der Waals surface area contributed by atoms with E-state index in [0.717, 1.165) is 36.5 Å². The Balaban J connectivity index is 1.59. The SMILES string of the molecule is COc1ccc(N2CCCN(C(=O)/C=C/c3ccc(OCC(N)=O)c(OC)c3)CC2)cc1. The van der Waals surface area contributed by atoms with Crippen LogP contribution in [0.5, 0.6) is 17.2 Å². The van der Waals surface area contributed by atoms with Gasteiger partial charge in [-0.2, -0.15) is 0 Å². The molecule has 0 radical (unpaired) electrons. The Bertz CT molecular complexity index is 959. The van der Waals surface area contributed by atoms with Gasteiger partial charge in [0.25, 0.3) is 5.91 Å². The third kappa shape index (κ3) is 6.16. The molecule has 0 bridgehead atoms. The summed E-state index contributed by atoms with van der Waals surface area (Å²) in [4.78, 5) is 27.8. The van der Waals surface area contributed by atoms with Crippen LogP contribution < -0.4 is 24.8 Å². The van der Waals surface area contributed by atoms with E-state index < -0.39 is 5.91 Å². The molecule has 2 aromatic carbocycles. The lowest BCUT2D eigenvalue weighted by Crippen LogP contribution is -2.34. The molecule has 1 heterocycles. The Morgan fingerprint density at radius 3 is 2.44 bits per heavy atom. The molecule has 2 aromatic rings. The standard InChI is InChI=1S/C24H29N3O5/c1-30-20-8-6-19(7-9-20)26-12-3-13-27(15-14-26)24(29)11-5-18-4-10-21(22(16-18)31-2)32-17-23(25)28/h4-11,16H,3,12-15,17H2,1-2H3,(H2,25,28)/b11-5+. The van der Waals surface area contributed by atoms with Gasteiger partial charge in [-0.05, 0) is 54.5 Å². The van der Waals surface area contributed by atoms with Gasteiger partial charge in [-0.15, -0.1) is 0 Å². The highest BCUT2D eigenvalue weighted by molar-refractivity contribution is 5.92. The van der Waals surface area contributed by atoms with Gasteiger partial charge in [-0.25, -0.2) is 0 Å². The third-order valence-electron chi connectivity index (χ3n) is 5.22. The first kappa shape index (κ1) is 23.0. The van der Waals surface area contributed by atoms with Crippen molar-refractivity contribution in [1.82, 2.24) is 4.90 Å². The molecule has 2 amide bonds. The van der Waals surface area contributed by atoms with Gasteiger partial charge in [0, 0.05) is 37.9 Å². The lowest BCUT2D eigenvalue weighted by atomic mass is 10.2. The van der Waals surface area contributed by atoms with Crippen LogP contribution in [-0.2, 0) is 9.59 Å². The lowest BCUT2D eigenvalue weighted by Gasteiger charge is -2.23. The minimum atomic E-state index is -0.565. The number of methoxy groups -OCH3 is 2. The summed E-state index contributed by atoms with van der Waals surface area (Å²) >= 11 is 0. The van der Waals surface area contributed by atoms with Crippen molar-refractivity contribution in [1.29, 1.82) is 0 Å². The molecule has 1 aliphatic rings. The number of hydrogen-bond acceptors (Lipinski definition) is 6. The smallest absolute Gasteiger partial charge is 0.255 e. The molecule has 3 rings (SSSR count). The number of benzene rings is 2. The average molecular weight is 440 g/mol. The maximum absolute atomic E-state index is 12.7. The lowest BCUT2D eigenvalue weighted by molar-refractivity contribution is -0.125. The summed E-state index contributed by atoms with van der Waals surface area (Å²) in [6, 6.07) is 13.2. The number of carbonyl (C=O) groups is 2. The molecule has 0 aromatic heterocycles. The van der Waals surface area contributed by atoms with Crippen LogP contribution in [0.15, 0.2) is 48.5 Å². The molecular weight excluding hydrogens is 410 g/mol. The molecule has 0 spiro atoms. The predicted molar refractivity (Wildman–Crippen MR) is 123 cm³/mol. The molecule has 8 nitrogen and oxygen atoms in total. The van der Waals surface area contributed by atoms with Crippen LogP contribution in [0, 0.1) is 0 Å². The van der Waals surface area contributed by atoms with E-state index in [1.165, 1.54) is 7.11 Å². The van der Waals surface area contributed by atoms with Crippen LogP contribution in [0.3, 0.4) is 0 Å². The second-order valence-electron chi connectivity index (χ2n) is 7.36. The number of nitrogens with zero attached hydrogens (tertiary/aromatic N) is 2. The second kappa shape index (κ2) is 11.1. The number of primary amides is 1. The van der Waals surface area contributed by atoms with E-state index in [1.807, 2.05) is 29.2 Å². The van der Waals surface area contributed by atoms with Crippen molar-refractivity contribution in [2.75, 3.05) is 51.9 Å². The minimum Gasteiger partial charge on any atom is -0.497 e. The fourth-order valence-electron chi connectivity index (χ4n) is 3.52. The van der Waals surface area contributed by atoms with Crippen LogP contribution in [-0.4, -0.2) is 63.7 Å². The van der Waals surface area contributed by atoms with Crippen molar-refractivity contribution in [3.05, 3.63) is 54.1 Å². The molecular formula is C24H29N3O5. The van der Waals surface area contributed by atoms with Crippen molar-refractivity contribution in [3.63, 3.8) is 0 Å². The van der Waals surface area contributed by atoms with Gasteiger partial charge in [0.05, 0.1) is 14.2 Å². The Hall–Kier alpha value is -3.68. The molecule has 0 aliphatic carbocycles. The molecule has 1 fully saturated rings. The van der Waals surface area contributed by atoms with E-state index in [9.17, 15) is 9.59 Å². The minimum absolute atomic E-state index is 0.0328. The number of nitrogens with two attached hydrogens (primary N) is 1. The maximum Gasteiger partial charge on any atom is 0.255 e. The summed E-state index contributed by atoms with van der Waals surface area (Å²) in [5.74, 6) is 1.11. The molecule has 8 heteroatoms. The first-order chi connectivity index (χ1) is 15.5. The molecule has 170 valence electrons. The summed E-state index contributed by atoms with van der Waals surface area (Å²) < 4.78 is 15.9. The molecule has 32 heavy (non-hydrogen) atoms. The number of carbonyl (C=O) groups excluding carboxylic acids is 2. The van der Waals surface area contributed by atoms with Gasteiger partial charge in [-0.1, -0.05) is 6.07 Å². The molecule has 0 atom stereocenters. The number of hydrogen-bond donors (Lipinski definition) is 1. The number of rotatable bonds is 8. The van der Waals surface area contributed by atoms with Crippen molar-refractivity contribution in [3.8, 4) is 17.2 Å². The fraction of sp³-hybridized carbons (Fsp3) is 0.333. The van der Waals surface area contributed by atoms with E-state index in [2.05, 4.69) is 4.90 Å². The first-order valence-corrected chi connectivity index (χ1v) is 10.5. The zero-order chi connectivity index (χ0) is 22.9. The van der Waals surface area contributed by atoms with E-state index in [0.29, 0.717) is 24.6 Å². The predicted octanol–water partition coefficient (Wildman–Crippen LogP) is 2.32. The first-order valence-electron chi connectivity index (χ1n) is 10.5. The quantitative estimate of drug-likeness (QED) is 0.635. The third-order valence-corrected chi connectivity index (χ3v) is 5.22. The molecule has 1 saturated heterocycles. The Labute approximate surface area is 188 Å². The Kier molecular flexibility index (Phi) is 7.96. The number of ether oxygens (including phenoxy) is 3. The summed E-state index contributed by atoms with van der Waals surface area (Å²) in [6.07, 6.45) is 4.21. The molecule has 2 N–H and O–H groups in total.